The van der Waals surface area contributed by atoms with Crippen molar-refractivity contribution in [1.82, 2.24) is 30.7 Å². The van der Waals surface area contributed by atoms with E-state index in [-0.39, 0.29) is 48.8 Å². The fourth-order valence-corrected chi connectivity index (χ4v) is 7.43. The van der Waals surface area contributed by atoms with Gasteiger partial charge in [-0.25, -0.2) is 0 Å². The zero-order valence-electron chi connectivity index (χ0n) is 32.5. The molecule has 14 heteroatoms. The highest BCUT2D eigenvalue weighted by Gasteiger charge is 2.44. The van der Waals surface area contributed by atoms with Crippen molar-refractivity contribution >= 4 is 34.9 Å². The Labute approximate surface area is 336 Å². The Morgan fingerprint density at radius 1 is 0.965 bits per heavy atom. The van der Waals surface area contributed by atoms with Crippen LogP contribution in [0.4, 0.5) is 5.82 Å². The lowest BCUT2D eigenvalue weighted by Crippen LogP contribution is -2.57. The number of ether oxygens (including phenoxy) is 1. The van der Waals surface area contributed by atoms with Gasteiger partial charge >= 0.3 is 0 Å². The van der Waals surface area contributed by atoms with Crippen LogP contribution < -0.4 is 21.1 Å². The van der Waals surface area contributed by atoms with E-state index in [2.05, 4.69) is 25.8 Å². The lowest BCUT2D eigenvalue weighted by molar-refractivity contribution is -0.144. The molecule has 0 aliphatic carbocycles. The normalized spacial score (nSPS) is 16.5. The maximum absolute atomic E-state index is 14.0. The van der Waals surface area contributed by atoms with Gasteiger partial charge in [0.05, 0.1) is 34.8 Å². The third kappa shape index (κ3) is 10.1. The molecule has 298 valence electrons. The number of nitrogens with two attached hydrogens (primary N) is 1. The molecule has 1 aliphatic rings. The van der Waals surface area contributed by atoms with Gasteiger partial charge in [0, 0.05) is 36.7 Å². The summed E-state index contributed by atoms with van der Waals surface area (Å²) in [5, 5.41) is 35.0. The van der Waals surface area contributed by atoms with Crippen molar-refractivity contribution in [2.75, 3.05) is 18.9 Å². The van der Waals surface area contributed by atoms with Crippen molar-refractivity contribution in [3.63, 3.8) is 0 Å². The molecule has 4 atom stereocenters. The Morgan fingerprint density at radius 2 is 1.68 bits per heavy atom. The number of carbonyl (C=O) groups is 3. The minimum Gasteiger partial charge on any atom is -0.507 e. The number of para-hydroxylation sites is 1. The first kappa shape index (κ1) is 40.8. The number of carbonyl (C=O) groups excluding carboxylic acids is 3. The number of phenols is 1. The van der Waals surface area contributed by atoms with Crippen molar-refractivity contribution in [1.29, 1.82) is 0 Å². The molecular weight excluding hydrogens is 743 g/mol. The molecule has 3 amide bonds. The van der Waals surface area contributed by atoms with Gasteiger partial charge in [-0.15, -0.1) is 21.5 Å². The molecule has 1 aliphatic heterocycles. The molecule has 6 rings (SSSR count). The van der Waals surface area contributed by atoms with E-state index in [1.165, 1.54) is 4.90 Å². The maximum Gasteiger partial charge on any atom is 0.246 e. The van der Waals surface area contributed by atoms with Gasteiger partial charge in [-0.1, -0.05) is 69.3 Å². The number of nitrogens with zero attached hydrogens (tertiary/aromatic N) is 4. The number of aliphatic hydroxyl groups is 1. The molecule has 5 aromatic rings. The molecule has 57 heavy (non-hydrogen) atoms. The zero-order valence-corrected chi connectivity index (χ0v) is 33.3. The number of unbranched alkanes of at least 4 members (excludes halogenated alkanes) is 1. The first-order chi connectivity index (χ1) is 27.3. The quantitative estimate of drug-likeness (QED) is 0.0816. The highest BCUT2D eigenvalue weighted by atomic mass is 32.1. The number of rotatable bonds is 14. The largest absolute Gasteiger partial charge is 0.507 e. The number of hydrogen-bond acceptors (Lipinski definition) is 11. The van der Waals surface area contributed by atoms with Gasteiger partial charge in [0.1, 0.15) is 23.6 Å². The van der Waals surface area contributed by atoms with Crippen LogP contribution in [0.1, 0.15) is 65.0 Å². The van der Waals surface area contributed by atoms with Crippen LogP contribution in [-0.2, 0) is 14.4 Å². The minimum atomic E-state index is -0.906. The number of thiazole rings is 1. The highest BCUT2D eigenvalue weighted by Crippen LogP contribution is 2.33. The summed E-state index contributed by atoms with van der Waals surface area (Å²) in [4.78, 5) is 47.4. The van der Waals surface area contributed by atoms with E-state index in [1.54, 1.807) is 41.1 Å². The number of phenolic OH excluding ortho intramolecular Hbond substituents is 1. The Hall–Kier alpha value is -5.86. The van der Waals surface area contributed by atoms with E-state index >= 15 is 0 Å². The van der Waals surface area contributed by atoms with E-state index in [9.17, 15) is 24.6 Å². The number of nitrogens with one attached hydrogen (secondary N) is 2. The van der Waals surface area contributed by atoms with E-state index in [1.807, 2.05) is 88.5 Å². The summed E-state index contributed by atoms with van der Waals surface area (Å²) < 4.78 is 5.93. The number of aromatic hydroxyl groups is 1. The standard InChI is InChI=1S/C43H49N7O6S/c1-26(27-12-14-29(15-13-27)37-23-45-25-57-37)46-41(54)35-21-30(51)24-50(35)42(55)39(43(2,3)4)47-38(53)11-7-8-20-56-31-18-16-28(17-19-31)33-22-34(48-49-40(33)44)32-9-5-6-10-36(32)52/h5-6,9-10,12-19,22-23,25-26,30,35,39,51-52H,7-8,11,20-21,24H2,1-4H3,(H2,44,49)(H,46,54)(H,47,53)/t26?,30-,35+,39?/m1/s1. The lowest BCUT2D eigenvalue weighted by Gasteiger charge is -2.35. The Kier molecular flexibility index (Phi) is 12.8. The second-order valence-corrected chi connectivity index (χ2v) is 16.2. The van der Waals surface area contributed by atoms with Crippen LogP contribution in [0.25, 0.3) is 32.8 Å². The number of β-amino-alcohol motifs (C(OH)–C–C–N with tert-alkyl or cyclic N) is 1. The predicted octanol–water partition coefficient (Wildman–Crippen LogP) is 6.14. The average molecular weight is 792 g/mol. The summed E-state index contributed by atoms with van der Waals surface area (Å²) in [7, 11) is 0. The summed E-state index contributed by atoms with van der Waals surface area (Å²) in [6.45, 7) is 7.84. The maximum atomic E-state index is 14.0. The number of benzene rings is 3. The van der Waals surface area contributed by atoms with Gasteiger partial charge < -0.3 is 36.2 Å². The van der Waals surface area contributed by atoms with Crippen LogP contribution in [0.15, 0.2) is 90.6 Å². The molecule has 1 saturated heterocycles. The summed E-state index contributed by atoms with van der Waals surface area (Å²) in [6, 6.07) is 21.8. The van der Waals surface area contributed by atoms with Gasteiger partial charge in [0.15, 0.2) is 5.82 Å². The summed E-state index contributed by atoms with van der Waals surface area (Å²) >= 11 is 1.55. The molecule has 0 saturated carbocycles. The number of nitrogen functional groups attached to an aromatic ring is 1. The molecule has 3 aromatic carbocycles. The SMILES string of the molecule is CC(NC(=O)[C@@H]1C[C@@H](O)CN1C(=O)C(NC(=O)CCCCOc1ccc(-c2cc(-c3ccccc3O)nnc2N)cc1)C(C)(C)C)c1ccc(-c2cncs2)cc1. The zero-order chi connectivity index (χ0) is 40.7. The van der Waals surface area contributed by atoms with E-state index in [0.717, 1.165) is 21.6 Å². The first-order valence-electron chi connectivity index (χ1n) is 19.0. The number of amides is 3. The Balaban J connectivity index is 0.984. The monoisotopic (exact) mass is 791 g/mol. The van der Waals surface area contributed by atoms with Gasteiger partial charge in [-0.05, 0) is 72.2 Å². The summed E-state index contributed by atoms with van der Waals surface area (Å²) in [5.41, 5.74) is 11.7. The molecule has 13 nitrogen and oxygen atoms in total. The van der Waals surface area contributed by atoms with E-state index < -0.39 is 29.5 Å². The number of aliphatic hydroxyl groups excluding tert-OH is 1. The molecule has 6 N–H and O–H groups in total. The van der Waals surface area contributed by atoms with Gasteiger partial charge in [-0.3, -0.25) is 19.4 Å². The number of aromatic nitrogens is 3. The third-order valence-electron chi connectivity index (χ3n) is 10.0. The van der Waals surface area contributed by atoms with E-state index in [4.69, 9.17) is 10.5 Å². The van der Waals surface area contributed by atoms with Gasteiger partial charge in [-0.2, -0.15) is 0 Å². The molecule has 1 fully saturated rings. The minimum absolute atomic E-state index is 0.00171. The van der Waals surface area contributed by atoms with Gasteiger partial charge in [0.2, 0.25) is 17.7 Å². The number of hydrogen-bond donors (Lipinski definition) is 5. The average Bonchev–Trinajstić information content (AvgIpc) is 3.88. The molecule has 0 radical (unpaired) electrons. The first-order valence-corrected chi connectivity index (χ1v) is 19.9. The predicted molar refractivity (Wildman–Crippen MR) is 220 cm³/mol. The molecule has 2 unspecified atom stereocenters. The number of likely N-dealkylation sites (tertiary alicyclic amines) is 1. The topological polar surface area (TPSA) is 193 Å². The third-order valence-corrected chi connectivity index (χ3v) is 10.8. The van der Waals surface area contributed by atoms with Crippen LogP contribution in [-0.4, -0.2) is 79.4 Å². The summed E-state index contributed by atoms with van der Waals surface area (Å²) in [5.74, 6) is -0.0371. The Bertz CT molecular complexity index is 2160. The second kappa shape index (κ2) is 17.9. The smallest absolute Gasteiger partial charge is 0.246 e. The van der Waals surface area contributed by atoms with Crippen molar-refractivity contribution in [2.24, 2.45) is 5.41 Å². The Morgan fingerprint density at radius 3 is 2.37 bits per heavy atom. The molecule has 3 heterocycles. The van der Waals surface area contributed by atoms with Crippen molar-refractivity contribution in [3.05, 3.63) is 96.1 Å². The fourth-order valence-electron chi connectivity index (χ4n) is 6.80. The molecule has 2 aromatic heterocycles. The van der Waals surface area contributed by atoms with E-state index in [0.29, 0.717) is 42.0 Å². The lowest BCUT2D eigenvalue weighted by atomic mass is 9.85. The molecule has 0 bridgehead atoms. The second-order valence-electron chi connectivity index (χ2n) is 15.4. The molecule has 0 spiro atoms. The van der Waals surface area contributed by atoms with Crippen LogP contribution in [0, 0.1) is 5.41 Å². The van der Waals surface area contributed by atoms with Crippen molar-refractivity contribution in [3.8, 4) is 44.3 Å². The van der Waals surface area contributed by atoms with Crippen molar-refractivity contribution in [2.45, 2.75) is 77.6 Å². The molecular formula is C43H49N7O6S. The summed E-state index contributed by atoms with van der Waals surface area (Å²) in [6.07, 6.45) is 2.37. The van der Waals surface area contributed by atoms with Crippen LogP contribution in [0.3, 0.4) is 0 Å². The number of anilines is 1. The van der Waals surface area contributed by atoms with Crippen LogP contribution in [0.2, 0.25) is 0 Å². The fraction of sp³-hybridized carbons (Fsp3) is 0.349. The van der Waals surface area contributed by atoms with Crippen molar-refractivity contribution < 1.29 is 29.3 Å². The highest BCUT2D eigenvalue weighted by molar-refractivity contribution is 7.13. The van der Waals surface area contributed by atoms with Crippen LogP contribution in [0.5, 0.6) is 11.5 Å². The van der Waals surface area contributed by atoms with Gasteiger partial charge in [0.25, 0.3) is 0 Å². The van der Waals surface area contributed by atoms with Crippen LogP contribution >= 0.6 is 11.3 Å².